The minimum Gasteiger partial charge on any atom is -0.225 e. The van der Waals surface area contributed by atoms with Gasteiger partial charge in [-0.3, -0.25) is 0 Å². The van der Waals surface area contributed by atoms with E-state index in [0.717, 1.165) is 18.4 Å². The zero-order valence-electron chi connectivity index (χ0n) is 17.3. The highest BCUT2D eigenvalue weighted by Crippen LogP contribution is 2.51. The van der Waals surface area contributed by atoms with Gasteiger partial charge < -0.3 is 0 Å². The highest BCUT2D eigenvalue weighted by atomic mass is 32.2. The van der Waals surface area contributed by atoms with E-state index in [1.54, 1.807) is 11.6 Å². The standard InChI is InChI=1S/C25H28O2S/c1-24(2)12-10-20-19(15-24)16-25(3,4)23-21(20)9-8-18-7-6-17(14-22(18)23)11-13-28(5,26)27/h6-14H,15-16H2,1-5H3/b13-11+. The molecular weight excluding hydrogens is 364 g/mol. The first kappa shape index (κ1) is 19.2. The second-order valence-electron chi connectivity index (χ2n) is 9.68. The molecule has 0 unspecified atom stereocenters. The van der Waals surface area contributed by atoms with E-state index in [1.807, 2.05) is 6.07 Å². The Hall–Kier alpha value is -2.13. The third-order valence-corrected chi connectivity index (χ3v) is 6.56. The van der Waals surface area contributed by atoms with Crippen molar-refractivity contribution in [1.82, 2.24) is 0 Å². The number of hydrogen-bond donors (Lipinski definition) is 0. The van der Waals surface area contributed by atoms with E-state index in [2.05, 4.69) is 64.1 Å². The van der Waals surface area contributed by atoms with Gasteiger partial charge in [-0.2, -0.15) is 0 Å². The van der Waals surface area contributed by atoms with Crippen LogP contribution in [0.25, 0.3) is 22.4 Å². The molecule has 0 spiro atoms. The summed E-state index contributed by atoms with van der Waals surface area (Å²) in [6, 6.07) is 10.7. The molecule has 2 nitrogen and oxygen atoms in total. The van der Waals surface area contributed by atoms with Crippen molar-refractivity contribution in [2.45, 2.75) is 46.0 Å². The van der Waals surface area contributed by atoms with Crippen molar-refractivity contribution in [3.8, 4) is 0 Å². The van der Waals surface area contributed by atoms with Gasteiger partial charge in [-0.25, -0.2) is 8.42 Å². The zero-order chi connectivity index (χ0) is 20.3. The predicted molar refractivity (Wildman–Crippen MR) is 120 cm³/mol. The number of rotatable bonds is 2. The molecule has 0 saturated carbocycles. The summed E-state index contributed by atoms with van der Waals surface area (Å²) in [7, 11) is -3.14. The monoisotopic (exact) mass is 392 g/mol. The SMILES string of the molecule is CC1(C)C=CC2=C(C1)CC(C)(C)c1c2ccc2ccc(/C=C/S(C)(=O)=O)cc12. The first-order valence-corrected chi connectivity index (χ1v) is 11.8. The molecule has 4 rings (SSSR count). The molecule has 0 heterocycles. The minimum atomic E-state index is -3.14. The smallest absolute Gasteiger partial charge is 0.168 e. The van der Waals surface area contributed by atoms with Crippen LogP contribution in [0.3, 0.4) is 0 Å². The molecule has 0 bridgehead atoms. The lowest BCUT2D eigenvalue weighted by Gasteiger charge is -2.40. The second-order valence-corrected chi connectivity index (χ2v) is 11.6. The number of hydrogen-bond acceptors (Lipinski definition) is 2. The first-order valence-electron chi connectivity index (χ1n) is 9.82. The largest absolute Gasteiger partial charge is 0.225 e. The van der Waals surface area contributed by atoms with Crippen LogP contribution in [-0.2, 0) is 15.3 Å². The van der Waals surface area contributed by atoms with Gasteiger partial charge in [0.15, 0.2) is 9.84 Å². The number of fused-ring (bicyclic) bond motifs is 4. The molecule has 0 N–H and O–H groups in total. The maximum Gasteiger partial charge on any atom is 0.168 e. The highest BCUT2D eigenvalue weighted by molar-refractivity contribution is 7.93. The van der Waals surface area contributed by atoms with Crippen LogP contribution in [-0.4, -0.2) is 14.7 Å². The summed E-state index contributed by atoms with van der Waals surface area (Å²) in [5.41, 5.74) is 6.81. The van der Waals surface area contributed by atoms with Gasteiger partial charge in [0.1, 0.15) is 0 Å². The summed E-state index contributed by atoms with van der Waals surface area (Å²) in [4.78, 5) is 0. The molecule has 2 aliphatic rings. The average molecular weight is 393 g/mol. The third-order valence-electron chi connectivity index (χ3n) is 5.93. The Labute approximate surface area is 168 Å². The van der Waals surface area contributed by atoms with Gasteiger partial charge >= 0.3 is 0 Å². The lowest BCUT2D eigenvalue weighted by Crippen LogP contribution is -2.27. The van der Waals surface area contributed by atoms with E-state index in [0.29, 0.717) is 0 Å². The number of sulfone groups is 1. The van der Waals surface area contributed by atoms with Crippen LogP contribution < -0.4 is 0 Å². The molecule has 2 aliphatic carbocycles. The molecule has 0 aliphatic heterocycles. The van der Waals surface area contributed by atoms with E-state index in [1.165, 1.54) is 39.1 Å². The van der Waals surface area contributed by atoms with Gasteiger partial charge in [-0.05, 0) is 68.8 Å². The van der Waals surface area contributed by atoms with Gasteiger partial charge in [-0.1, -0.05) is 69.7 Å². The summed E-state index contributed by atoms with van der Waals surface area (Å²) in [5.74, 6) is 0. The normalized spacial score (nSPS) is 20.5. The summed E-state index contributed by atoms with van der Waals surface area (Å²) >= 11 is 0. The fourth-order valence-corrected chi connectivity index (χ4v) is 5.19. The Morgan fingerprint density at radius 2 is 1.71 bits per heavy atom. The fourth-order valence-electron chi connectivity index (χ4n) is 4.79. The molecule has 2 aromatic carbocycles. The summed E-state index contributed by atoms with van der Waals surface area (Å²) in [6.45, 7) is 9.27. The van der Waals surface area contributed by atoms with Gasteiger partial charge in [0, 0.05) is 11.7 Å². The third kappa shape index (κ3) is 3.48. The van der Waals surface area contributed by atoms with Crippen LogP contribution in [0.15, 0.2) is 53.5 Å². The number of benzene rings is 2. The van der Waals surface area contributed by atoms with E-state index in [4.69, 9.17) is 0 Å². The molecule has 0 aromatic heterocycles. The average Bonchev–Trinajstić information content (AvgIpc) is 2.56. The van der Waals surface area contributed by atoms with Crippen LogP contribution >= 0.6 is 0 Å². The molecule has 0 amide bonds. The van der Waals surface area contributed by atoms with Crippen molar-refractivity contribution in [2.24, 2.45) is 5.41 Å². The van der Waals surface area contributed by atoms with Crippen LogP contribution in [0.4, 0.5) is 0 Å². The molecule has 0 radical (unpaired) electrons. The molecule has 0 saturated heterocycles. The quantitative estimate of drug-likeness (QED) is 0.603. The lowest BCUT2D eigenvalue weighted by atomic mass is 9.64. The molecule has 146 valence electrons. The number of allylic oxidation sites excluding steroid dienone is 4. The summed E-state index contributed by atoms with van der Waals surface area (Å²) in [6.07, 6.45) is 9.73. The molecule has 0 atom stereocenters. The van der Waals surface area contributed by atoms with E-state index in [-0.39, 0.29) is 10.8 Å². The van der Waals surface area contributed by atoms with E-state index >= 15 is 0 Å². The Balaban J connectivity index is 1.94. The van der Waals surface area contributed by atoms with Crippen LogP contribution in [0.2, 0.25) is 0 Å². The molecule has 2 aromatic rings. The molecule has 3 heteroatoms. The van der Waals surface area contributed by atoms with Crippen molar-refractivity contribution >= 4 is 32.3 Å². The predicted octanol–water partition coefficient (Wildman–Crippen LogP) is 6.28. The topological polar surface area (TPSA) is 34.1 Å². The van der Waals surface area contributed by atoms with Crippen molar-refractivity contribution in [3.05, 3.63) is 70.2 Å². The Morgan fingerprint density at radius 1 is 1.00 bits per heavy atom. The zero-order valence-corrected chi connectivity index (χ0v) is 18.2. The van der Waals surface area contributed by atoms with Crippen molar-refractivity contribution in [1.29, 1.82) is 0 Å². The van der Waals surface area contributed by atoms with Crippen molar-refractivity contribution in [2.75, 3.05) is 6.26 Å². The Bertz CT molecular complexity index is 1170. The minimum absolute atomic E-state index is 0.0358. The molecular formula is C25H28O2S. The highest BCUT2D eigenvalue weighted by Gasteiger charge is 2.36. The molecule has 28 heavy (non-hydrogen) atoms. The van der Waals surface area contributed by atoms with E-state index in [9.17, 15) is 8.42 Å². The van der Waals surface area contributed by atoms with Crippen LogP contribution in [0, 0.1) is 5.41 Å². The van der Waals surface area contributed by atoms with Crippen molar-refractivity contribution < 1.29 is 8.42 Å². The first-order chi connectivity index (χ1) is 13.0. The van der Waals surface area contributed by atoms with Gasteiger partial charge in [-0.15, -0.1) is 0 Å². The van der Waals surface area contributed by atoms with Crippen molar-refractivity contribution in [3.63, 3.8) is 0 Å². The van der Waals surface area contributed by atoms with Gasteiger partial charge in [0.2, 0.25) is 0 Å². The maximum atomic E-state index is 11.5. The van der Waals surface area contributed by atoms with Gasteiger partial charge in [0.05, 0.1) is 0 Å². The Kier molecular flexibility index (Phi) is 4.24. The fraction of sp³-hybridized carbons (Fsp3) is 0.360. The summed E-state index contributed by atoms with van der Waals surface area (Å²) < 4.78 is 23.0. The molecule has 0 fully saturated rings. The van der Waals surface area contributed by atoms with Gasteiger partial charge in [0.25, 0.3) is 0 Å². The second kappa shape index (κ2) is 6.18. The lowest BCUT2D eigenvalue weighted by molar-refractivity contribution is 0.429. The maximum absolute atomic E-state index is 11.5. The van der Waals surface area contributed by atoms with Crippen LogP contribution in [0.1, 0.15) is 57.2 Å². The Morgan fingerprint density at radius 3 is 2.43 bits per heavy atom. The van der Waals surface area contributed by atoms with E-state index < -0.39 is 9.84 Å². The van der Waals surface area contributed by atoms with Crippen LogP contribution in [0.5, 0.6) is 0 Å². The summed E-state index contributed by atoms with van der Waals surface area (Å²) in [5, 5.41) is 3.71.